The molecule has 19 heavy (non-hydrogen) atoms. The van der Waals surface area contributed by atoms with Gasteiger partial charge >= 0.3 is 0 Å². The Hall–Kier alpha value is -1.35. The summed E-state index contributed by atoms with van der Waals surface area (Å²) in [4.78, 5) is 12.6. The van der Waals surface area contributed by atoms with Gasteiger partial charge in [-0.1, -0.05) is 44.2 Å². The molecule has 1 amide bonds. The number of nitrogens with one attached hydrogen (secondary N) is 1. The molecule has 3 heteroatoms. The third-order valence-corrected chi connectivity index (χ3v) is 4.19. The van der Waals surface area contributed by atoms with Crippen LogP contribution < -0.4 is 11.1 Å². The fourth-order valence-electron chi connectivity index (χ4n) is 2.15. The summed E-state index contributed by atoms with van der Waals surface area (Å²) >= 11 is 0. The van der Waals surface area contributed by atoms with Crippen molar-refractivity contribution in [3.8, 4) is 0 Å². The van der Waals surface area contributed by atoms with Gasteiger partial charge in [0.1, 0.15) is 0 Å². The Kier molecular flexibility index (Phi) is 5.12. The predicted molar refractivity (Wildman–Crippen MR) is 80.0 cm³/mol. The summed E-state index contributed by atoms with van der Waals surface area (Å²) in [5, 5.41) is 3.15. The van der Waals surface area contributed by atoms with Crippen LogP contribution in [-0.2, 0) is 10.2 Å². The lowest BCUT2D eigenvalue weighted by atomic mass is 9.82. The summed E-state index contributed by atoms with van der Waals surface area (Å²) < 4.78 is 0. The van der Waals surface area contributed by atoms with E-state index in [0.29, 0.717) is 6.54 Å². The van der Waals surface area contributed by atoms with Crippen LogP contribution in [0.25, 0.3) is 0 Å². The van der Waals surface area contributed by atoms with Gasteiger partial charge in [0.15, 0.2) is 0 Å². The molecule has 3 nitrogen and oxygen atoms in total. The maximum atomic E-state index is 12.6. The third kappa shape index (κ3) is 3.35. The summed E-state index contributed by atoms with van der Waals surface area (Å²) in [6.45, 7) is 8.49. The molecule has 0 fully saturated rings. The molecule has 0 aliphatic rings. The monoisotopic (exact) mass is 262 g/mol. The van der Waals surface area contributed by atoms with E-state index in [2.05, 4.69) is 19.2 Å². The molecule has 0 unspecified atom stereocenters. The normalized spacial score (nSPS) is 12.3. The maximum absolute atomic E-state index is 12.6. The minimum Gasteiger partial charge on any atom is -0.349 e. The van der Waals surface area contributed by atoms with E-state index in [9.17, 15) is 4.79 Å². The predicted octanol–water partition coefficient (Wildman–Crippen LogP) is 2.60. The van der Waals surface area contributed by atoms with Crippen molar-refractivity contribution in [2.75, 3.05) is 6.54 Å². The van der Waals surface area contributed by atoms with Gasteiger partial charge in [0, 0.05) is 6.54 Å². The molecule has 0 spiro atoms. The van der Waals surface area contributed by atoms with Gasteiger partial charge in [-0.25, -0.2) is 0 Å². The Morgan fingerprint density at radius 3 is 2.11 bits per heavy atom. The van der Waals surface area contributed by atoms with E-state index in [1.54, 1.807) is 0 Å². The molecule has 0 saturated carbocycles. The Bertz CT molecular complexity index is 400. The molecule has 1 aromatic carbocycles. The van der Waals surface area contributed by atoms with E-state index in [0.717, 1.165) is 18.4 Å². The molecular formula is C16H26N2O. The van der Waals surface area contributed by atoms with Crippen molar-refractivity contribution in [2.24, 2.45) is 5.73 Å². The number of carbonyl (C=O) groups is 1. The summed E-state index contributed by atoms with van der Waals surface area (Å²) in [6.07, 6.45) is 1.69. The maximum Gasteiger partial charge on any atom is 0.230 e. The van der Waals surface area contributed by atoms with Crippen LogP contribution in [0.2, 0.25) is 0 Å². The number of amides is 1. The largest absolute Gasteiger partial charge is 0.349 e. The van der Waals surface area contributed by atoms with Crippen LogP contribution in [0.5, 0.6) is 0 Å². The van der Waals surface area contributed by atoms with Gasteiger partial charge < -0.3 is 11.1 Å². The lowest BCUT2D eigenvalue weighted by Gasteiger charge is -2.35. The zero-order valence-electron chi connectivity index (χ0n) is 12.5. The second-order valence-electron chi connectivity index (χ2n) is 5.64. The Balaban J connectivity index is 2.94. The lowest BCUT2D eigenvalue weighted by Crippen LogP contribution is -2.56. The van der Waals surface area contributed by atoms with E-state index in [-0.39, 0.29) is 11.4 Å². The van der Waals surface area contributed by atoms with Crippen molar-refractivity contribution in [2.45, 2.75) is 51.5 Å². The number of hydrogen-bond acceptors (Lipinski definition) is 2. The number of carbonyl (C=O) groups excluding carboxylic acids is 1. The lowest BCUT2D eigenvalue weighted by molar-refractivity contribution is -0.127. The Morgan fingerprint density at radius 2 is 1.68 bits per heavy atom. The molecule has 0 heterocycles. The van der Waals surface area contributed by atoms with Gasteiger partial charge in [-0.2, -0.15) is 0 Å². The summed E-state index contributed by atoms with van der Waals surface area (Å²) in [6, 6.07) is 9.85. The first-order valence-corrected chi connectivity index (χ1v) is 7.00. The average molecular weight is 262 g/mol. The first-order valence-electron chi connectivity index (χ1n) is 7.00. The van der Waals surface area contributed by atoms with Crippen molar-refractivity contribution in [1.82, 2.24) is 5.32 Å². The third-order valence-electron chi connectivity index (χ3n) is 4.19. The fourth-order valence-corrected chi connectivity index (χ4v) is 2.15. The molecule has 1 rings (SSSR count). The highest BCUT2D eigenvalue weighted by Crippen LogP contribution is 2.25. The summed E-state index contributed by atoms with van der Waals surface area (Å²) in [7, 11) is 0. The zero-order valence-corrected chi connectivity index (χ0v) is 12.5. The van der Waals surface area contributed by atoms with Crippen LogP contribution in [0.15, 0.2) is 30.3 Å². The van der Waals surface area contributed by atoms with E-state index in [1.807, 2.05) is 44.2 Å². The van der Waals surface area contributed by atoms with Crippen molar-refractivity contribution in [3.05, 3.63) is 35.9 Å². The van der Waals surface area contributed by atoms with Gasteiger partial charge in [-0.05, 0) is 32.3 Å². The molecule has 0 aliphatic heterocycles. The first kappa shape index (κ1) is 15.7. The van der Waals surface area contributed by atoms with Crippen molar-refractivity contribution in [3.63, 3.8) is 0 Å². The number of hydrogen-bond donors (Lipinski definition) is 2. The number of rotatable bonds is 6. The van der Waals surface area contributed by atoms with Gasteiger partial charge in [0.2, 0.25) is 5.91 Å². The molecule has 0 aliphatic carbocycles. The van der Waals surface area contributed by atoms with E-state index >= 15 is 0 Å². The molecule has 0 atom stereocenters. The molecule has 3 N–H and O–H groups in total. The second-order valence-corrected chi connectivity index (χ2v) is 5.64. The van der Waals surface area contributed by atoms with Crippen molar-refractivity contribution >= 4 is 5.91 Å². The fraction of sp³-hybridized carbons (Fsp3) is 0.562. The minimum absolute atomic E-state index is 0.0350. The van der Waals surface area contributed by atoms with Crippen LogP contribution in [0.1, 0.15) is 46.1 Å². The smallest absolute Gasteiger partial charge is 0.230 e. The van der Waals surface area contributed by atoms with E-state index in [1.165, 1.54) is 0 Å². The topological polar surface area (TPSA) is 55.1 Å². The van der Waals surface area contributed by atoms with Crippen LogP contribution in [0.3, 0.4) is 0 Å². The second kappa shape index (κ2) is 6.20. The zero-order chi connectivity index (χ0) is 14.5. The molecular weight excluding hydrogens is 236 g/mol. The Labute approximate surface area is 116 Å². The number of benzene rings is 1. The molecule has 0 bridgehead atoms. The van der Waals surface area contributed by atoms with Gasteiger partial charge in [-0.15, -0.1) is 0 Å². The van der Waals surface area contributed by atoms with Gasteiger partial charge in [0.05, 0.1) is 11.0 Å². The standard InChI is InChI=1S/C16H26N2O/c1-5-16(6-2,12-17)18-14(19)15(3,4)13-10-8-7-9-11-13/h7-11H,5-6,12,17H2,1-4H3,(H,18,19). The quantitative estimate of drug-likeness (QED) is 0.828. The van der Waals surface area contributed by atoms with Crippen LogP contribution in [0.4, 0.5) is 0 Å². The number of nitrogens with two attached hydrogens (primary N) is 1. The van der Waals surface area contributed by atoms with Crippen molar-refractivity contribution < 1.29 is 4.79 Å². The molecule has 0 radical (unpaired) electrons. The van der Waals surface area contributed by atoms with E-state index in [4.69, 9.17) is 5.73 Å². The molecule has 106 valence electrons. The van der Waals surface area contributed by atoms with Crippen molar-refractivity contribution in [1.29, 1.82) is 0 Å². The minimum atomic E-state index is -0.550. The van der Waals surface area contributed by atoms with Gasteiger partial charge in [-0.3, -0.25) is 4.79 Å². The van der Waals surface area contributed by atoms with E-state index < -0.39 is 5.41 Å². The molecule has 0 aromatic heterocycles. The SMILES string of the molecule is CCC(CC)(CN)NC(=O)C(C)(C)c1ccccc1. The highest BCUT2D eigenvalue weighted by atomic mass is 16.2. The first-order chi connectivity index (χ1) is 8.91. The summed E-state index contributed by atoms with van der Waals surface area (Å²) in [5.74, 6) is 0.0350. The van der Waals surface area contributed by atoms with Gasteiger partial charge in [0.25, 0.3) is 0 Å². The highest BCUT2D eigenvalue weighted by molar-refractivity contribution is 5.87. The Morgan fingerprint density at radius 1 is 1.16 bits per heavy atom. The molecule has 0 saturated heterocycles. The summed E-state index contributed by atoms with van der Waals surface area (Å²) in [5.41, 5.74) is 6.03. The molecule has 1 aromatic rings. The average Bonchev–Trinajstić information content (AvgIpc) is 2.45. The van der Waals surface area contributed by atoms with Crippen LogP contribution in [-0.4, -0.2) is 18.0 Å². The van der Waals surface area contributed by atoms with Crippen LogP contribution in [0, 0.1) is 0 Å². The van der Waals surface area contributed by atoms with Crippen LogP contribution >= 0.6 is 0 Å². The highest BCUT2D eigenvalue weighted by Gasteiger charge is 2.35.